The molecule has 0 fully saturated rings. The first-order valence-electron chi connectivity index (χ1n) is 21.8. The van der Waals surface area contributed by atoms with Gasteiger partial charge >= 0.3 is 17.9 Å². The van der Waals surface area contributed by atoms with Gasteiger partial charge in [0.05, 0.1) is 39.6 Å². The van der Waals surface area contributed by atoms with E-state index in [0.717, 1.165) is 44.9 Å². The number of carbonyl (C=O) groups is 7. The number of ether oxygens (including phenoxy) is 4. The van der Waals surface area contributed by atoms with E-state index in [2.05, 4.69) is 21.3 Å². The van der Waals surface area contributed by atoms with Crippen molar-refractivity contribution in [3.8, 4) is 0 Å². The summed E-state index contributed by atoms with van der Waals surface area (Å²) >= 11 is 0. The number of amides is 4. The molecule has 60 heavy (non-hydrogen) atoms. The summed E-state index contributed by atoms with van der Waals surface area (Å²) in [7, 11) is 0. The molecule has 0 bridgehead atoms. The van der Waals surface area contributed by atoms with E-state index in [1.807, 2.05) is 0 Å². The molecular formula is C41H75N5O14. The average Bonchev–Trinajstić information content (AvgIpc) is 3.20. The van der Waals surface area contributed by atoms with E-state index >= 15 is 0 Å². The molecule has 348 valence electrons. The van der Waals surface area contributed by atoms with Gasteiger partial charge in [-0.3, -0.25) is 24.0 Å². The zero-order valence-electron chi connectivity index (χ0n) is 35.7. The van der Waals surface area contributed by atoms with Gasteiger partial charge in [0.25, 0.3) is 0 Å². The van der Waals surface area contributed by atoms with Crippen LogP contribution in [0, 0.1) is 0 Å². The van der Waals surface area contributed by atoms with Crippen molar-refractivity contribution in [3.63, 3.8) is 0 Å². The number of aliphatic carboxylic acids is 3. The highest BCUT2D eigenvalue weighted by molar-refractivity contribution is 5.85. The molecule has 0 rings (SSSR count). The second kappa shape index (κ2) is 40.5. The monoisotopic (exact) mass is 862 g/mol. The lowest BCUT2D eigenvalue weighted by molar-refractivity contribution is -0.143. The number of carboxylic acid groups (broad SMARTS) is 3. The lowest BCUT2D eigenvalue weighted by Gasteiger charge is -2.14. The molecule has 9 N–H and O–H groups in total. The van der Waals surface area contributed by atoms with Gasteiger partial charge in [0.2, 0.25) is 23.6 Å². The fourth-order valence-electron chi connectivity index (χ4n) is 5.90. The summed E-state index contributed by atoms with van der Waals surface area (Å²) in [6, 6.07) is -2.14. The number of rotatable bonds is 44. The molecule has 0 aliphatic rings. The first kappa shape index (κ1) is 56.1. The predicted molar refractivity (Wildman–Crippen MR) is 222 cm³/mol. The van der Waals surface area contributed by atoms with Crippen molar-refractivity contribution in [2.75, 3.05) is 72.5 Å². The van der Waals surface area contributed by atoms with Crippen LogP contribution in [0.15, 0.2) is 0 Å². The lowest BCUT2D eigenvalue weighted by Crippen LogP contribution is -2.42. The molecule has 0 radical (unpaired) electrons. The predicted octanol–water partition coefficient (Wildman–Crippen LogP) is 2.66. The molecule has 19 heteroatoms. The van der Waals surface area contributed by atoms with Crippen LogP contribution in [-0.4, -0.2) is 141 Å². The van der Waals surface area contributed by atoms with E-state index in [-0.39, 0.29) is 116 Å². The van der Waals surface area contributed by atoms with Gasteiger partial charge in [-0.15, -0.1) is 0 Å². The summed E-state index contributed by atoms with van der Waals surface area (Å²) in [6.07, 6.45) is 16.9. The Morgan fingerprint density at radius 1 is 0.417 bits per heavy atom. The van der Waals surface area contributed by atoms with E-state index < -0.39 is 35.9 Å². The minimum Gasteiger partial charge on any atom is -0.481 e. The van der Waals surface area contributed by atoms with E-state index in [1.165, 1.54) is 38.5 Å². The van der Waals surface area contributed by atoms with Gasteiger partial charge in [-0.1, -0.05) is 77.0 Å². The molecular weight excluding hydrogens is 786 g/mol. The van der Waals surface area contributed by atoms with Gasteiger partial charge in [0.1, 0.15) is 25.3 Å². The van der Waals surface area contributed by atoms with Crippen LogP contribution in [0.2, 0.25) is 0 Å². The van der Waals surface area contributed by atoms with E-state index in [1.54, 1.807) is 0 Å². The summed E-state index contributed by atoms with van der Waals surface area (Å²) in [5, 5.41) is 37.5. The maximum atomic E-state index is 12.3. The molecule has 0 spiro atoms. The van der Waals surface area contributed by atoms with Crippen molar-refractivity contribution in [2.24, 2.45) is 5.73 Å². The molecule has 4 amide bonds. The molecule has 1 unspecified atom stereocenters. The highest BCUT2D eigenvalue weighted by atomic mass is 16.5. The van der Waals surface area contributed by atoms with E-state index in [9.17, 15) is 43.8 Å². The minimum atomic E-state index is -1.19. The smallest absolute Gasteiger partial charge is 0.326 e. The number of nitrogens with one attached hydrogen (secondary N) is 4. The Morgan fingerprint density at radius 3 is 1.32 bits per heavy atom. The largest absolute Gasteiger partial charge is 0.481 e. The SMILES string of the molecule is NCCCC[C@H](NC(=O)COCCOCCNC(=O)COCCOCCNC(=O)CCC(NC(=O)CCCCCCCCCCCCCCCCC(=O)O)C(=O)O)C(=O)O. The van der Waals surface area contributed by atoms with Crippen LogP contribution in [-0.2, 0) is 52.5 Å². The maximum absolute atomic E-state index is 12.3. The summed E-state index contributed by atoms with van der Waals surface area (Å²) in [5.41, 5.74) is 5.40. The third kappa shape index (κ3) is 38.3. The third-order valence-corrected chi connectivity index (χ3v) is 9.27. The molecule has 0 aromatic carbocycles. The van der Waals surface area contributed by atoms with Crippen molar-refractivity contribution in [2.45, 2.75) is 147 Å². The number of unbranched alkanes of at least 4 members (excludes halogenated alkanes) is 14. The van der Waals surface area contributed by atoms with Crippen molar-refractivity contribution in [3.05, 3.63) is 0 Å². The molecule has 2 atom stereocenters. The normalized spacial score (nSPS) is 12.0. The first-order chi connectivity index (χ1) is 29.0. The molecule has 0 saturated heterocycles. The zero-order chi connectivity index (χ0) is 44.5. The topological polar surface area (TPSA) is 291 Å². The standard InChI is InChI=1S/C41H75N5O14/c42-22-16-15-17-33(40(53)54)46-38(50)32-60-30-28-58-26-24-44-37(49)31-59-29-27-57-25-23-43-35(47)21-20-34(41(55)56)45-36(48)18-13-11-9-7-5-3-1-2-4-6-8-10-12-14-19-39(51)52/h33-34H,1-32,42H2,(H,43,47)(H,44,49)(H,45,48)(H,46,50)(H,51,52)(H,53,54)(H,55,56)/t33-,34?/m0/s1. The quantitative estimate of drug-likeness (QED) is 0.0409. The maximum Gasteiger partial charge on any atom is 0.326 e. The van der Waals surface area contributed by atoms with Crippen molar-refractivity contribution >= 4 is 41.5 Å². The Morgan fingerprint density at radius 2 is 0.833 bits per heavy atom. The first-order valence-corrected chi connectivity index (χ1v) is 21.8. The van der Waals surface area contributed by atoms with Crippen LogP contribution in [0.1, 0.15) is 135 Å². The summed E-state index contributed by atoms with van der Waals surface area (Å²) in [5.74, 6) is -4.62. The highest BCUT2D eigenvalue weighted by Gasteiger charge is 2.21. The van der Waals surface area contributed by atoms with E-state index in [0.29, 0.717) is 25.8 Å². The second-order valence-corrected chi connectivity index (χ2v) is 14.6. The van der Waals surface area contributed by atoms with Crippen LogP contribution in [0.4, 0.5) is 0 Å². The Hall–Kier alpha value is -3.91. The van der Waals surface area contributed by atoms with Crippen LogP contribution < -0.4 is 27.0 Å². The summed E-state index contributed by atoms with van der Waals surface area (Å²) in [6.45, 7) is 1.38. The van der Waals surface area contributed by atoms with Crippen LogP contribution in [0.25, 0.3) is 0 Å². The fraction of sp³-hybridized carbons (Fsp3) is 0.829. The molecule has 0 aromatic rings. The molecule has 0 aliphatic heterocycles. The molecule has 0 heterocycles. The Labute approximate surface area is 355 Å². The van der Waals surface area contributed by atoms with Gasteiger partial charge in [-0.25, -0.2) is 9.59 Å². The van der Waals surface area contributed by atoms with Crippen LogP contribution >= 0.6 is 0 Å². The summed E-state index contributed by atoms with van der Waals surface area (Å²) < 4.78 is 21.2. The fourth-order valence-corrected chi connectivity index (χ4v) is 5.90. The average molecular weight is 862 g/mol. The molecule has 0 saturated carbocycles. The Bertz CT molecular complexity index is 1180. The Balaban J connectivity index is 3.71. The number of carboxylic acids is 3. The number of hydrogen-bond acceptors (Lipinski definition) is 12. The van der Waals surface area contributed by atoms with Gasteiger partial charge in [-0.05, 0) is 45.1 Å². The number of hydrogen-bond donors (Lipinski definition) is 8. The summed E-state index contributed by atoms with van der Waals surface area (Å²) in [4.78, 5) is 81.7. The molecule has 0 aliphatic carbocycles. The third-order valence-electron chi connectivity index (χ3n) is 9.27. The Kier molecular flexibility index (Phi) is 37.9. The van der Waals surface area contributed by atoms with Crippen LogP contribution in [0.5, 0.6) is 0 Å². The van der Waals surface area contributed by atoms with Crippen molar-refractivity contribution in [1.82, 2.24) is 21.3 Å². The molecule has 0 aromatic heterocycles. The lowest BCUT2D eigenvalue weighted by atomic mass is 10.0. The number of carbonyl (C=O) groups excluding carboxylic acids is 4. The van der Waals surface area contributed by atoms with Gasteiger partial charge in [0, 0.05) is 32.4 Å². The van der Waals surface area contributed by atoms with Crippen molar-refractivity contribution in [1.29, 1.82) is 0 Å². The van der Waals surface area contributed by atoms with Gasteiger partial charge < -0.3 is 61.3 Å². The highest BCUT2D eigenvalue weighted by Crippen LogP contribution is 2.14. The van der Waals surface area contributed by atoms with Crippen LogP contribution in [0.3, 0.4) is 0 Å². The van der Waals surface area contributed by atoms with Crippen molar-refractivity contribution < 1.29 is 67.8 Å². The zero-order valence-corrected chi connectivity index (χ0v) is 35.7. The second-order valence-electron chi connectivity index (χ2n) is 14.6. The van der Waals surface area contributed by atoms with E-state index in [4.69, 9.17) is 29.8 Å². The van der Waals surface area contributed by atoms with Gasteiger partial charge in [0.15, 0.2) is 0 Å². The number of nitrogens with two attached hydrogens (primary N) is 1. The molecule has 19 nitrogen and oxygen atoms in total. The van der Waals surface area contributed by atoms with Gasteiger partial charge in [-0.2, -0.15) is 0 Å². The minimum absolute atomic E-state index is 0.0359.